The van der Waals surface area contributed by atoms with E-state index in [9.17, 15) is 17.2 Å². The SMILES string of the molecule is CCN1CCN(S(=O)(=O)c2cc(CN)cc(F)c2F)CC1. The number of likely N-dealkylation sites (N-methyl/N-ethyl adjacent to an activating group) is 1. The van der Waals surface area contributed by atoms with Gasteiger partial charge in [0.1, 0.15) is 4.90 Å². The molecule has 1 aliphatic rings. The maximum Gasteiger partial charge on any atom is 0.246 e. The predicted octanol–water partition coefficient (Wildman–Crippen LogP) is 0.750. The summed E-state index contributed by atoms with van der Waals surface area (Å²) in [7, 11) is -4.04. The average Bonchev–Trinajstić information content (AvgIpc) is 2.49. The Balaban J connectivity index is 2.34. The third kappa shape index (κ3) is 3.23. The first-order valence-electron chi connectivity index (χ1n) is 6.80. The lowest BCUT2D eigenvalue weighted by atomic mass is 10.2. The second kappa shape index (κ2) is 6.35. The third-order valence-electron chi connectivity index (χ3n) is 3.69. The van der Waals surface area contributed by atoms with Crippen LogP contribution in [0.3, 0.4) is 0 Å². The van der Waals surface area contributed by atoms with Crippen molar-refractivity contribution in [3.63, 3.8) is 0 Å². The molecule has 1 aliphatic heterocycles. The van der Waals surface area contributed by atoms with Gasteiger partial charge in [-0.2, -0.15) is 4.31 Å². The quantitative estimate of drug-likeness (QED) is 0.889. The van der Waals surface area contributed by atoms with Gasteiger partial charge in [-0.15, -0.1) is 0 Å². The highest BCUT2D eigenvalue weighted by Crippen LogP contribution is 2.24. The summed E-state index contributed by atoms with van der Waals surface area (Å²) in [5.41, 5.74) is 5.64. The molecule has 8 heteroatoms. The van der Waals surface area contributed by atoms with E-state index < -0.39 is 26.6 Å². The van der Waals surface area contributed by atoms with Crippen molar-refractivity contribution < 1.29 is 17.2 Å². The second-order valence-electron chi connectivity index (χ2n) is 4.93. The number of nitrogens with two attached hydrogens (primary N) is 1. The van der Waals surface area contributed by atoms with Gasteiger partial charge in [-0.05, 0) is 24.2 Å². The van der Waals surface area contributed by atoms with E-state index >= 15 is 0 Å². The molecule has 2 N–H and O–H groups in total. The van der Waals surface area contributed by atoms with Gasteiger partial charge in [0.2, 0.25) is 10.0 Å². The largest absolute Gasteiger partial charge is 0.326 e. The van der Waals surface area contributed by atoms with Gasteiger partial charge in [0.25, 0.3) is 0 Å². The molecule has 0 saturated carbocycles. The molecule has 21 heavy (non-hydrogen) atoms. The van der Waals surface area contributed by atoms with Crippen molar-refractivity contribution >= 4 is 10.0 Å². The number of hydrogen-bond acceptors (Lipinski definition) is 4. The number of hydrogen-bond donors (Lipinski definition) is 1. The van der Waals surface area contributed by atoms with Crippen LogP contribution in [0, 0.1) is 11.6 Å². The van der Waals surface area contributed by atoms with E-state index in [4.69, 9.17) is 5.73 Å². The molecule has 0 atom stereocenters. The summed E-state index contributed by atoms with van der Waals surface area (Å²) in [6.45, 7) is 4.47. The van der Waals surface area contributed by atoms with E-state index in [1.807, 2.05) is 6.92 Å². The highest BCUT2D eigenvalue weighted by Gasteiger charge is 2.31. The lowest BCUT2D eigenvalue weighted by Crippen LogP contribution is -2.48. The summed E-state index contributed by atoms with van der Waals surface area (Å²) in [5, 5.41) is 0. The Morgan fingerprint density at radius 2 is 1.81 bits per heavy atom. The van der Waals surface area contributed by atoms with Gasteiger partial charge in [0.05, 0.1) is 0 Å². The highest BCUT2D eigenvalue weighted by molar-refractivity contribution is 7.89. The molecule has 1 saturated heterocycles. The Morgan fingerprint density at radius 1 is 1.19 bits per heavy atom. The van der Waals surface area contributed by atoms with Crippen molar-refractivity contribution in [2.75, 3.05) is 32.7 Å². The van der Waals surface area contributed by atoms with E-state index in [1.54, 1.807) is 0 Å². The monoisotopic (exact) mass is 319 g/mol. The maximum absolute atomic E-state index is 13.9. The van der Waals surface area contributed by atoms with Gasteiger partial charge >= 0.3 is 0 Å². The molecular formula is C13H19F2N3O2S. The highest BCUT2D eigenvalue weighted by atomic mass is 32.2. The zero-order chi connectivity index (χ0) is 15.6. The minimum absolute atomic E-state index is 0.0522. The molecule has 1 aromatic carbocycles. The molecule has 5 nitrogen and oxygen atoms in total. The van der Waals surface area contributed by atoms with Crippen molar-refractivity contribution in [2.24, 2.45) is 5.73 Å². The molecule has 118 valence electrons. The zero-order valence-electron chi connectivity index (χ0n) is 11.8. The minimum atomic E-state index is -4.04. The van der Waals surface area contributed by atoms with Crippen LogP contribution in [-0.4, -0.2) is 50.3 Å². The number of sulfonamides is 1. The predicted molar refractivity (Wildman–Crippen MR) is 75.1 cm³/mol. The number of halogens is 2. The summed E-state index contributed by atoms with van der Waals surface area (Å²) in [5.74, 6) is -2.53. The van der Waals surface area contributed by atoms with Crippen LogP contribution in [0.4, 0.5) is 8.78 Å². The van der Waals surface area contributed by atoms with E-state index in [2.05, 4.69) is 4.90 Å². The van der Waals surface area contributed by atoms with Gasteiger partial charge in [0.15, 0.2) is 11.6 Å². The topological polar surface area (TPSA) is 66.6 Å². The van der Waals surface area contributed by atoms with Crippen molar-refractivity contribution in [1.82, 2.24) is 9.21 Å². The van der Waals surface area contributed by atoms with E-state index in [0.717, 1.165) is 18.7 Å². The molecule has 1 heterocycles. The molecule has 0 aliphatic carbocycles. The number of rotatable bonds is 4. The molecule has 0 radical (unpaired) electrons. The normalized spacial score (nSPS) is 18.1. The summed E-state index contributed by atoms with van der Waals surface area (Å²) in [6.07, 6.45) is 0. The van der Waals surface area contributed by atoms with E-state index in [0.29, 0.717) is 13.1 Å². The van der Waals surface area contributed by atoms with Gasteiger partial charge in [-0.3, -0.25) is 0 Å². The van der Waals surface area contributed by atoms with Crippen LogP contribution in [0.15, 0.2) is 17.0 Å². The Bertz CT molecular complexity index is 614. The van der Waals surface area contributed by atoms with Gasteiger partial charge < -0.3 is 10.6 Å². The molecular weight excluding hydrogens is 300 g/mol. The van der Waals surface area contributed by atoms with Gasteiger partial charge in [-0.25, -0.2) is 17.2 Å². The number of piperazine rings is 1. The number of benzene rings is 1. The first kappa shape index (κ1) is 16.3. The van der Waals surface area contributed by atoms with Crippen LogP contribution in [0.25, 0.3) is 0 Å². The summed E-state index contributed by atoms with van der Waals surface area (Å²) in [4.78, 5) is 1.46. The molecule has 0 aromatic heterocycles. The van der Waals surface area contributed by atoms with Crippen LogP contribution >= 0.6 is 0 Å². The summed E-state index contributed by atoms with van der Waals surface area (Å²) in [6, 6.07) is 2.03. The van der Waals surface area contributed by atoms with Crippen LogP contribution in [0.2, 0.25) is 0 Å². The minimum Gasteiger partial charge on any atom is -0.326 e. The van der Waals surface area contributed by atoms with E-state index in [1.165, 1.54) is 4.31 Å². The Hall–Kier alpha value is -1.09. The molecule has 1 aromatic rings. The van der Waals surface area contributed by atoms with Crippen LogP contribution in [0.5, 0.6) is 0 Å². The van der Waals surface area contributed by atoms with Crippen molar-refractivity contribution in [2.45, 2.75) is 18.4 Å². The molecule has 2 rings (SSSR count). The summed E-state index contributed by atoms with van der Waals surface area (Å²) < 4.78 is 53.6. The Kier molecular flexibility index (Phi) is 4.92. The fourth-order valence-corrected chi connectivity index (χ4v) is 3.89. The average molecular weight is 319 g/mol. The van der Waals surface area contributed by atoms with Crippen LogP contribution < -0.4 is 5.73 Å². The standard InChI is InChI=1S/C13H19F2N3O2S/c1-2-17-3-5-18(6-4-17)21(19,20)12-8-10(9-16)7-11(14)13(12)15/h7-8H,2-6,9,16H2,1H3. The Labute approximate surface area is 123 Å². The lowest BCUT2D eigenvalue weighted by molar-refractivity contribution is 0.196. The fraction of sp³-hybridized carbons (Fsp3) is 0.538. The fourth-order valence-electron chi connectivity index (χ4n) is 2.35. The van der Waals surface area contributed by atoms with Crippen LogP contribution in [0.1, 0.15) is 12.5 Å². The maximum atomic E-state index is 13.9. The zero-order valence-corrected chi connectivity index (χ0v) is 12.7. The van der Waals surface area contributed by atoms with Gasteiger partial charge in [-0.1, -0.05) is 6.92 Å². The van der Waals surface area contributed by atoms with Crippen LogP contribution in [-0.2, 0) is 16.6 Å². The third-order valence-corrected chi connectivity index (χ3v) is 5.58. The molecule has 0 unspecified atom stereocenters. The first-order valence-corrected chi connectivity index (χ1v) is 8.24. The molecule has 0 bridgehead atoms. The molecule has 0 amide bonds. The smallest absolute Gasteiger partial charge is 0.246 e. The van der Waals surface area contributed by atoms with Gasteiger partial charge in [0, 0.05) is 32.7 Å². The second-order valence-corrected chi connectivity index (χ2v) is 6.84. The first-order chi connectivity index (χ1) is 9.90. The lowest BCUT2D eigenvalue weighted by Gasteiger charge is -2.33. The van der Waals surface area contributed by atoms with Crippen molar-refractivity contribution in [1.29, 1.82) is 0 Å². The number of nitrogens with zero attached hydrogens (tertiary/aromatic N) is 2. The van der Waals surface area contributed by atoms with Crippen molar-refractivity contribution in [3.05, 3.63) is 29.3 Å². The molecule has 1 fully saturated rings. The Morgan fingerprint density at radius 3 is 2.33 bits per heavy atom. The molecule has 0 spiro atoms. The van der Waals surface area contributed by atoms with E-state index in [-0.39, 0.29) is 25.2 Å². The van der Waals surface area contributed by atoms with Crippen molar-refractivity contribution in [3.8, 4) is 0 Å². The summed E-state index contributed by atoms with van der Waals surface area (Å²) >= 11 is 0.